The van der Waals surface area contributed by atoms with Gasteiger partial charge in [0.2, 0.25) is 10.0 Å². The van der Waals surface area contributed by atoms with Crippen molar-refractivity contribution in [2.24, 2.45) is 11.8 Å². The largest absolute Gasteiger partial charge is 0.490 e. The number of anilines is 1. The third kappa shape index (κ3) is 6.60. The zero-order valence-corrected chi connectivity index (χ0v) is 26.3. The highest BCUT2D eigenvalue weighted by molar-refractivity contribution is 7.90. The van der Waals surface area contributed by atoms with Gasteiger partial charge in [-0.3, -0.25) is 4.79 Å². The molecule has 2 aliphatic heterocycles. The summed E-state index contributed by atoms with van der Waals surface area (Å²) < 4.78 is 45.9. The van der Waals surface area contributed by atoms with Gasteiger partial charge in [0.1, 0.15) is 5.75 Å². The number of hydrogen-bond donors (Lipinski definition) is 1. The summed E-state index contributed by atoms with van der Waals surface area (Å²) >= 11 is 6.41. The molecule has 1 amide bonds. The summed E-state index contributed by atoms with van der Waals surface area (Å²) in [6.45, 7) is 3.05. The van der Waals surface area contributed by atoms with Crippen molar-refractivity contribution in [3.63, 3.8) is 0 Å². The van der Waals surface area contributed by atoms with Crippen LogP contribution in [-0.2, 0) is 31.3 Å². The molecule has 10 heteroatoms. The van der Waals surface area contributed by atoms with Crippen molar-refractivity contribution in [1.82, 2.24) is 4.72 Å². The molecule has 8 nitrogen and oxygen atoms in total. The van der Waals surface area contributed by atoms with Crippen LogP contribution in [0.1, 0.15) is 60.0 Å². The van der Waals surface area contributed by atoms with Crippen LogP contribution in [0, 0.1) is 11.8 Å². The minimum absolute atomic E-state index is 0.0707. The summed E-state index contributed by atoms with van der Waals surface area (Å²) in [4.78, 5) is 15.6. The summed E-state index contributed by atoms with van der Waals surface area (Å²) in [5, 5.41) is 0.745. The molecule has 232 valence electrons. The van der Waals surface area contributed by atoms with Gasteiger partial charge >= 0.3 is 0 Å². The second-order valence-electron chi connectivity index (χ2n) is 12.4. The number of hydrogen-bond acceptors (Lipinski definition) is 7. The van der Waals surface area contributed by atoms with Gasteiger partial charge in [0.05, 0.1) is 37.4 Å². The third-order valence-corrected chi connectivity index (χ3v) is 11.2. The first kappa shape index (κ1) is 30.4. The van der Waals surface area contributed by atoms with E-state index in [2.05, 4.69) is 27.8 Å². The van der Waals surface area contributed by atoms with Crippen molar-refractivity contribution in [2.45, 2.75) is 56.5 Å². The number of sulfonamides is 1. The molecule has 1 N–H and O–H groups in total. The molecule has 2 aromatic carbocycles. The highest BCUT2D eigenvalue weighted by Gasteiger charge is 2.44. The van der Waals surface area contributed by atoms with E-state index >= 15 is 0 Å². The number of ether oxygens (including phenoxy) is 3. The number of methoxy groups -OCH3 is 1. The van der Waals surface area contributed by atoms with Crippen molar-refractivity contribution < 1.29 is 27.4 Å². The van der Waals surface area contributed by atoms with Crippen LogP contribution in [0.4, 0.5) is 5.69 Å². The fourth-order valence-electron chi connectivity index (χ4n) is 7.25. The van der Waals surface area contributed by atoms with Crippen molar-refractivity contribution in [2.75, 3.05) is 50.7 Å². The fourth-order valence-corrected chi connectivity index (χ4v) is 8.50. The number of nitrogens with one attached hydrogen (secondary N) is 1. The molecule has 4 atom stereocenters. The van der Waals surface area contributed by atoms with Crippen LogP contribution in [0.2, 0.25) is 5.02 Å². The molecular weight excluding hydrogens is 588 g/mol. The van der Waals surface area contributed by atoms with Crippen LogP contribution in [0.5, 0.6) is 5.75 Å². The third-order valence-electron chi connectivity index (χ3n) is 9.61. The molecule has 0 radical (unpaired) electrons. The Hall–Kier alpha value is -2.59. The maximum absolute atomic E-state index is 13.2. The second-order valence-corrected chi connectivity index (χ2v) is 14.7. The van der Waals surface area contributed by atoms with E-state index in [9.17, 15) is 13.2 Å². The molecule has 6 rings (SSSR count). The van der Waals surface area contributed by atoms with E-state index in [1.54, 1.807) is 19.2 Å². The van der Waals surface area contributed by atoms with E-state index < -0.39 is 15.9 Å². The number of rotatable bonds is 4. The van der Waals surface area contributed by atoms with E-state index in [0.717, 1.165) is 55.9 Å². The van der Waals surface area contributed by atoms with Gasteiger partial charge in [-0.05, 0) is 98.2 Å². The Labute approximate surface area is 259 Å². The van der Waals surface area contributed by atoms with E-state index in [1.807, 2.05) is 18.2 Å². The lowest BCUT2D eigenvalue weighted by molar-refractivity contribution is -0.0309. The molecular formula is C33H41ClN2O6S. The zero-order chi connectivity index (χ0) is 30.0. The molecule has 0 aromatic heterocycles. The van der Waals surface area contributed by atoms with Crippen LogP contribution >= 0.6 is 11.6 Å². The maximum atomic E-state index is 13.2. The minimum Gasteiger partial charge on any atom is -0.490 e. The number of benzene rings is 2. The lowest BCUT2D eigenvalue weighted by Crippen LogP contribution is -2.49. The smallest absolute Gasteiger partial charge is 0.264 e. The van der Waals surface area contributed by atoms with Gasteiger partial charge in [0, 0.05) is 36.2 Å². The molecule has 1 spiro atoms. The summed E-state index contributed by atoms with van der Waals surface area (Å²) in [6, 6.07) is 11.5. The van der Waals surface area contributed by atoms with Crippen LogP contribution in [0.3, 0.4) is 0 Å². The first-order valence-corrected chi connectivity index (χ1v) is 17.4. The molecule has 1 fully saturated rings. The van der Waals surface area contributed by atoms with E-state index in [4.69, 9.17) is 25.8 Å². The van der Waals surface area contributed by atoms with Gasteiger partial charge < -0.3 is 19.1 Å². The Bertz CT molecular complexity index is 1480. The standard InChI is InChI=1S/C33H41ClN2O6S/c1-40-15-16-41-30-7-3-2-4-17-43(38,39)35-32(37)24-9-13-31-29(19-24)36(20-25-8-11-27(25)30)21-33(22-42-31)14-5-6-23-18-26(34)10-12-28(23)33/h3,7,9-10,12-13,18-19,25,27,30H,2,4-6,8,11,14-17,20-22H2,1H3,(H,35,37)/b7-3-/t25-,27+,30+,33-/m0/s1. The Morgan fingerprint density at radius 1 is 1.14 bits per heavy atom. The van der Waals surface area contributed by atoms with Crippen LogP contribution in [0.25, 0.3) is 0 Å². The number of amides is 1. The van der Waals surface area contributed by atoms with E-state index in [1.165, 1.54) is 11.1 Å². The Morgan fingerprint density at radius 2 is 2.02 bits per heavy atom. The van der Waals surface area contributed by atoms with Gasteiger partial charge in [-0.1, -0.05) is 29.8 Å². The van der Waals surface area contributed by atoms with Gasteiger partial charge in [-0.25, -0.2) is 13.1 Å². The SMILES string of the molecule is COCCO[C@@H]1/C=C\CCCS(=O)(=O)NC(=O)c2ccc3c(c2)N(C[C@@H]2CC[C@H]21)C[C@@]1(CCCc2cc(Cl)ccc21)CO3. The molecule has 4 aliphatic rings. The molecule has 43 heavy (non-hydrogen) atoms. The number of aryl methyl sites for hydroxylation is 1. The molecule has 1 saturated carbocycles. The number of nitrogens with zero attached hydrogens (tertiary/aromatic N) is 1. The molecule has 2 bridgehead atoms. The van der Waals surface area contributed by atoms with Gasteiger partial charge in [-0.15, -0.1) is 0 Å². The fraction of sp³-hybridized carbons (Fsp3) is 0.545. The van der Waals surface area contributed by atoms with Crippen LogP contribution < -0.4 is 14.4 Å². The van der Waals surface area contributed by atoms with E-state index in [-0.39, 0.29) is 17.3 Å². The molecule has 2 aliphatic carbocycles. The van der Waals surface area contributed by atoms with Crippen molar-refractivity contribution in [3.8, 4) is 5.75 Å². The van der Waals surface area contributed by atoms with Crippen LogP contribution in [-0.4, -0.2) is 66.2 Å². The topological polar surface area (TPSA) is 94.2 Å². The lowest BCUT2D eigenvalue weighted by Gasteiger charge is -2.46. The van der Waals surface area contributed by atoms with Gasteiger partial charge in [0.15, 0.2) is 0 Å². The average molecular weight is 629 g/mol. The Balaban J connectivity index is 1.39. The molecule has 2 heterocycles. The lowest BCUT2D eigenvalue weighted by atomic mass is 9.68. The molecule has 0 saturated heterocycles. The quantitative estimate of drug-likeness (QED) is 0.364. The highest BCUT2D eigenvalue weighted by Crippen LogP contribution is 2.47. The Morgan fingerprint density at radius 3 is 2.84 bits per heavy atom. The minimum atomic E-state index is -3.79. The highest BCUT2D eigenvalue weighted by atomic mass is 35.5. The van der Waals surface area contributed by atoms with Crippen molar-refractivity contribution in [1.29, 1.82) is 0 Å². The summed E-state index contributed by atoms with van der Waals surface area (Å²) in [5.74, 6) is 0.685. The van der Waals surface area contributed by atoms with Gasteiger partial charge in [0.25, 0.3) is 5.91 Å². The molecule has 0 unspecified atom stereocenters. The van der Waals surface area contributed by atoms with Crippen molar-refractivity contribution in [3.05, 3.63) is 70.3 Å². The summed E-state index contributed by atoms with van der Waals surface area (Å²) in [5.41, 5.74) is 3.44. The van der Waals surface area contributed by atoms with Crippen molar-refractivity contribution >= 4 is 33.2 Å². The first-order valence-electron chi connectivity index (χ1n) is 15.4. The number of fused-ring (bicyclic) bond motifs is 4. The maximum Gasteiger partial charge on any atom is 0.264 e. The second kappa shape index (κ2) is 12.8. The Kier molecular flexibility index (Phi) is 9.06. The summed E-state index contributed by atoms with van der Waals surface area (Å²) in [6.07, 6.45) is 10.2. The summed E-state index contributed by atoms with van der Waals surface area (Å²) in [7, 11) is -2.11. The normalized spacial score (nSPS) is 29.3. The van der Waals surface area contributed by atoms with Crippen LogP contribution in [0.15, 0.2) is 48.6 Å². The zero-order valence-electron chi connectivity index (χ0n) is 24.7. The monoisotopic (exact) mass is 628 g/mol. The number of halogens is 1. The average Bonchev–Trinajstić information content (AvgIpc) is 3.11. The van der Waals surface area contributed by atoms with E-state index in [0.29, 0.717) is 55.8 Å². The number of carbonyl (C=O) groups is 1. The molecule has 2 aromatic rings. The predicted molar refractivity (Wildman–Crippen MR) is 168 cm³/mol. The predicted octanol–water partition coefficient (Wildman–Crippen LogP) is 5.28. The number of carbonyl (C=O) groups excluding carboxylic acids is 1. The van der Waals surface area contributed by atoms with Gasteiger partial charge in [-0.2, -0.15) is 0 Å². The first-order chi connectivity index (χ1) is 20.8. The number of allylic oxidation sites excluding steroid dienone is 1.